The number of carbonyl (C=O) groups excluding carboxylic acids is 1. The number of hydrogen-bond acceptors (Lipinski definition) is 3. The minimum atomic E-state index is -0.407. The van der Waals surface area contributed by atoms with Crippen molar-refractivity contribution in [3.63, 3.8) is 0 Å². The minimum absolute atomic E-state index is 0.105. The Morgan fingerprint density at radius 3 is 2.52 bits per heavy atom. The van der Waals surface area contributed by atoms with Crippen LogP contribution in [0, 0.1) is 0 Å². The summed E-state index contributed by atoms with van der Waals surface area (Å²) < 4.78 is 0. The molecule has 2 N–H and O–H groups in total. The molecule has 4 nitrogen and oxygen atoms in total. The second-order valence-electron chi connectivity index (χ2n) is 5.79. The molecule has 0 aliphatic heterocycles. The molecule has 0 radical (unpaired) electrons. The van der Waals surface area contributed by atoms with Crippen molar-refractivity contribution < 1.29 is 9.90 Å². The number of amides is 1. The standard InChI is InChI=1S/C17H24N2O2/c1-19(2)14-10-7-13(8-11-14)9-12-17(21)18-15-5-3-4-6-16(15)20/h7-12,15-16,20H,3-6H2,1-2H3,(H,18,21). The van der Waals surface area contributed by atoms with Gasteiger partial charge in [0.2, 0.25) is 5.91 Å². The molecule has 1 fully saturated rings. The molecular formula is C17H24N2O2. The van der Waals surface area contributed by atoms with Crippen molar-refractivity contribution in [2.75, 3.05) is 19.0 Å². The summed E-state index contributed by atoms with van der Waals surface area (Å²) >= 11 is 0. The zero-order chi connectivity index (χ0) is 15.2. The van der Waals surface area contributed by atoms with Gasteiger partial charge < -0.3 is 15.3 Å². The Morgan fingerprint density at radius 1 is 1.24 bits per heavy atom. The van der Waals surface area contributed by atoms with Crippen LogP contribution in [0.1, 0.15) is 31.2 Å². The van der Waals surface area contributed by atoms with Crippen molar-refractivity contribution >= 4 is 17.7 Å². The van der Waals surface area contributed by atoms with Crippen LogP contribution in [0.3, 0.4) is 0 Å². The van der Waals surface area contributed by atoms with Gasteiger partial charge in [-0.1, -0.05) is 25.0 Å². The molecule has 1 saturated carbocycles. The van der Waals surface area contributed by atoms with E-state index in [2.05, 4.69) is 5.32 Å². The average molecular weight is 288 g/mol. The quantitative estimate of drug-likeness (QED) is 0.835. The summed E-state index contributed by atoms with van der Waals surface area (Å²) in [4.78, 5) is 13.9. The van der Waals surface area contributed by atoms with Crippen molar-refractivity contribution in [1.82, 2.24) is 5.32 Å². The average Bonchev–Trinajstić information content (AvgIpc) is 2.48. The van der Waals surface area contributed by atoms with Crippen molar-refractivity contribution in [2.45, 2.75) is 37.8 Å². The molecule has 0 saturated heterocycles. The predicted octanol–water partition coefficient (Wildman–Crippen LogP) is 2.19. The van der Waals surface area contributed by atoms with Gasteiger partial charge in [-0.15, -0.1) is 0 Å². The molecule has 21 heavy (non-hydrogen) atoms. The molecule has 1 aliphatic rings. The van der Waals surface area contributed by atoms with E-state index in [0.717, 1.165) is 36.9 Å². The molecular weight excluding hydrogens is 264 g/mol. The van der Waals surface area contributed by atoms with Gasteiger partial charge in [0, 0.05) is 25.9 Å². The molecule has 2 atom stereocenters. The number of nitrogens with one attached hydrogen (secondary N) is 1. The summed E-state index contributed by atoms with van der Waals surface area (Å²) in [6.45, 7) is 0. The number of aliphatic hydroxyl groups excluding tert-OH is 1. The normalized spacial score (nSPS) is 22.2. The van der Waals surface area contributed by atoms with Crippen LogP contribution in [0.2, 0.25) is 0 Å². The second kappa shape index (κ2) is 7.27. The lowest BCUT2D eigenvalue weighted by atomic mass is 9.92. The first kappa shape index (κ1) is 15.6. The van der Waals surface area contributed by atoms with Gasteiger partial charge in [-0.3, -0.25) is 4.79 Å². The van der Waals surface area contributed by atoms with Gasteiger partial charge in [0.1, 0.15) is 0 Å². The van der Waals surface area contributed by atoms with E-state index in [1.54, 1.807) is 6.08 Å². The van der Waals surface area contributed by atoms with Crippen LogP contribution in [0.4, 0.5) is 5.69 Å². The lowest BCUT2D eigenvalue weighted by molar-refractivity contribution is -0.118. The molecule has 0 heterocycles. The van der Waals surface area contributed by atoms with Gasteiger partial charge in [0.15, 0.2) is 0 Å². The van der Waals surface area contributed by atoms with Crippen LogP contribution < -0.4 is 10.2 Å². The van der Waals surface area contributed by atoms with E-state index in [1.165, 1.54) is 6.08 Å². The molecule has 1 aromatic rings. The molecule has 0 spiro atoms. The van der Waals surface area contributed by atoms with E-state index in [0.29, 0.717) is 0 Å². The molecule has 114 valence electrons. The van der Waals surface area contributed by atoms with Crippen LogP contribution in [0.5, 0.6) is 0 Å². The van der Waals surface area contributed by atoms with E-state index in [9.17, 15) is 9.90 Å². The lowest BCUT2D eigenvalue weighted by Gasteiger charge is -2.27. The number of aliphatic hydroxyl groups is 1. The number of nitrogens with zero attached hydrogens (tertiary/aromatic N) is 1. The Labute approximate surface area is 126 Å². The summed E-state index contributed by atoms with van der Waals surface area (Å²) in [6, 6.07) is 7.89. The minimum Gasteiger partial charge on any atom is -0.391 e. The Morgan fingerprint density at radius 2 is 1.90 bits per heavy atom. The topological polar surface area (TPSA) is 52.6 Å². The SMILES string of the molecule is CN(C)c1ccc(C=CC(=O)NC2CCCCC2O)cc1. The molecule has 0 aromatic heterocycles. The van der Waals surface area contributed by atoms with Gasteiger partial charge in [-0.25, -0.2) is 0 Å². The molecule has 0 bridgehead atoms. The highest BCUT2D eigenvalue weighted by Gasteiger charge is 2.23. The summed E-state index contributed by atoms with van der Waals surface area (Å²) in [5.74, 6) is -0.141. The highest BCUT2D eigenvalue weighted by atomic mass is 16.3. The number of rotatable bonds is 4. The molecule has 1 aliphatic carbocycles. The third-order valence-electron chi connectivity index (χ3n) is 3.89. The van der Waals surface area contributed by atoms with E-state index < -0.39 is 6.10 Å². The van der Waals surface area contributed by atoms with Gasteiger partial charge >= 0.3 is 0 Å². The number of carbonyl (C=O) groups is 1. The van der Waals surface area contributed by atoms with Gasteiger partial charge in [-0.05, 0) is 36.6 Å². The second-order valence-corrected chi connectivity index (χ2v) is 5.79. The summed E-state index contributed by atoms with van der Waals surface area (Å²) in [6.07, 6.45) is 6.67. The maximum atomic E-state index is 11.9. The monoisotopic (exact) mass is 288 g/mol. The van der Waals surface area contributed by atoms with Gasteiger partial charge in [0.05, 0.1) is 12.1 Å². The number of anilines is 1. The smallest absolute Gasteiger partial charge is 0.244 e. The summed E-state index contributed by atoms with van der Waals surface area (Å²) in [5, 5.41) is 12.7. The van der Waals surface area contributed by atoms with Crippen LogP contribution >= 0.6 is 0 Å². The lowest BCUT2D eigenvalue weighted by Crippen LogP contribution is -2.44. The van der Waals surface area contributed by atoms with Crippen LogP contribution in [-0.4, -0.2) is 37.3 Å². The number of hydrogen-bond donors (Lipinski definition) is 2. The molecule has 4 heteroatoms. The van der Waals surface area contributed by atoms with E-state index in [-0.39, 0.29) is 11.9 Å². The fourth-order valence-corrected chi connectivity index (χ4v) is 2.57. The van der Waals surface area contributed by atoms with Gasteiger partial charge in [0.25, 0.3) is 0 Å². The molecule has 2 unspecified atom stereocenters. The fraction of sp³-hybridized carbons (Fsp3) is 0.471. The van der Waals surface area contributed by atoms with Crippen LogP contribution in [0.25, 0.3) is 6.08 Å². The highest BCUT2D eigenvalue weighted by molar-refractivity contribution is 5.92. The third-order valence-corrected chi connectivity index (χ3v) is 3.89. The Kier molecular flexibility index (Phi) is 5.39. The largest absolute Gasteiger partial charge is 0.391 e. The first-order valence-electron chi connectivity index (χ1n) is 7.50. The molecule has 2 rings (SSSR count). The van der Waals surface area contributed by atoms with E-state index >= 15 is 0 Å². The fourth-order valence-electron chi connectivity index (χ4n) is 2.57. The molecule has 1 amide bonds. The zero-order valence-electron chi connectivity index (χ0n) is 12.7. The zero-order valence-corrected chi connectivity index (χ0v) is 12.7. The maximum absolute atomic E-state index is 11.9. The van der Waals surface area contributed by atoms with Crippen molar-refractivity contribution in [1.29, 1.82) is 0 Å². The Bertz CT molecular complexity index is 494. The maximum Gasteiger partial charge on any atom is 0.244 e. The van der Waals surface area contributed by atoms with Gasteiger partial charge in [-0.2, -0.15) is 0 Å². The third kappa shape index (κ3) is 4.60. The Balaban J connectivity index is 1.89. The van der Waals surface area contributed by atoms with E-state index in [4.69, 9.17) is 0 Å². The predicted molar refractivity (Wildman–Crippen MR) is 86.2 cm³/mol. The molecule has 1 aromatic carbocycles. The van der Waals surface area contributed by atoms with Crippen LogP contribution in [0.15, 0.2) is 30.3 Å². The van der Waals surface area contributed by atoms with Crippen molar-refractivity contribution in [3.8, 4) is 0 Å². The van der Waals surface area contributed by atoms with Crippen molar-refractivity contribution in [2.24, 2.45) is 0 Å². The van der Waals surface area contributed by atoms with Crippen LogP contribution in [-0.2, 0) is 4.79 Å². The first-order chi connectivity index (χ1) is 10.1. The summed E-state index contributed by atoms with van der Waals surface area (Å²) in [5.41, 5.74) is 2.11. The van der Waals surface area contributed by atoms with E-state index in [1.807, 2.05) is 43.3 Å². The first-order valence-corrected chi connectivity index (χ1v) is 7.50. The summed E-state index contributed by atoms with van der Waals surface area (Å²) in [7, 11) is 3.99. The Hall–Kier alpha value is -1.81. The highest BCUT2D eigenvalue weighted by Crippen LogP contribution is 2.18. The van der Waals surface area contributed by atoms with Crippen molar-refractivity contribution in [3.05, 3.63) is 35.9 Å². The number of benzene rings is 1.